The van der Waals surface area contributed by atoms with Gasteiger partial charge in [0.15, 0.2) is 0 Å². The topological polar surface area (TPSA) is 80.5 Å². The van der Waals surface area contributed by atoms with Gasteiger partial charge in [-0.15, -0.1) is 11.3 Å². The Morgan fingerprint density at radius 1 is 1.24 bits per heavy atom. The fourth-order valence-electron chi connectivity index (χ4n) is 3.18. The van der Waals surface area contributed by atoms with Crippen molar-refractivity contribution in [1.29, 1.82) is 0 Å². The zero-order chi connectivity index (χ0) is 18.0. The van der Waals surface area contributed by atoms with E-state index >= 15 is 0 Å². The number of hydrogen-bond acceptors (Lipinski definition) is 5. The molecular formula is C18H22N2O3S2. The summed E-state index contributed by atoms with van der Waals surface area (Å²) in [4.78, 5) is 15.3. The lowest BCUT2D eigenvalue weighted by molar-refractivity contribution is 0.0578. The molecule has 1 saturated heterocycles. The first kappa shape index (κ1) is 18.1. The molecule has 1 amide bonds. The Morgan fingerprint density at radius 2 is 1.96 bits per heavy atom. The molecule has 2 aromatic rings. The number of carbonyl (C=O) groups is 1. The second-order valence-corrected chi connectivity index (χ2v) is 9.71. The van der Waals surface area contributed by atoms with Gasteiger partial charge in [0, 0.05) is 19.1 Å². The van der Waals surface area contributed by atoms with Crippen LogP contribution in [0.4, 0.5) is 0 Å². The number of amides is 1. The average molecular weight is 379 g/mol. The quantitative estimate of drug-likeness (QED) is 0.887. The summed E-state index contributed by atoms with van der Waals surface area (Å²) in [5.41, 5.74) is 5.84. The summed E-state index contributed by atoms with van der Waals surface area (Å²) >= 11 is 1.03. The van der Waals surface area contributed by atoms with E-state index < -0.39 is 9.84 Å². The molecule has 0 saturated carbocycles. The van der Waals surface area contributed by atoms with Crippen LogP contribution in [0.3, 0.4) is 0 Å². The van der Waals surface area contributed by atoms with Crippen LogP contribution in [-0.4, -0.2) is 38.4 Å². The summed E-state index contributed by atoms with van der Waals surface area (Å²) in [6, 6.07) is 11.4. The lowest BCUT2D eigenvalue weighted by Crippen LogP contribution is -2.49. The number of carbonyl (C=O) groups excluding carboxylic acids is 1. The van der Waals surface area contributed by atoms with E-state index in [0.29, 0.717) is 23.9 Å². The summed E-state index contributed by atoms with van der Waals surface area (Å²) in [5.74, 6) is 0.428. The Hall–Kier alpha value is -1.70. The van der Waals surface area contributed by atoms with Crippen molar-refractivity contribution in [2.45, 2.75) is 34.9 Å². The monoisotopic (exact) mass is 378 g/mol. The van der Waals surface area contributed by atoms with Crippen LogP contribution in [0.1, 0.15) is 29.4 Å². The molecular weight excluding hydrogens is 356 g/mol. The third-order valence-corrected chi connectivity index (χ3v) is 7.96. The van der Waals surface area contributed by atoms with Gasteiger partial charge >= 0.3 is 0 Å². The van der Waals surface area contributed by atoms with Crippen molar-refractivity contribution < 1.29 is 13.2 Å². The molecule has 0 aliphatic carbocycles. The third-order valence-electron chi connectivity index (χ3n) is 4.62. The SMILES string of the molecule is CC1CCN(C(=O)c2ccc(S(=O)(=O)c3ccccc3)s2)C(CN)C1. The number of sulfone groups is 1. The number of piperidine rings is 1. The van der Waals surface area contributed by atoms with Crippen molar-refractivity contribution >= 4 is 27.1 Å². The Bertz CT molecular complexity index is 846. The predicted octanol–water partition coefficient (Wildman–Crippen LogP) is 2.78. The Labute approximate surface area is 152 Å². The van der Waals surface area contributed by atoms with E-state index in [4.69, 9.17) is 5.73 Å². The molecule has 1 aromatic carbocycles. The fourth-order valence-corrected chi connectivity index (χ4v) is 5.86. The van der Waals surface area contributed by atoms with Crippen molar-refractivity contribution in [3.05, 3.63) is 47.3 Å². The van der Waals surface area contributed by atoms with Crippen molar-refractivity contribution in [2.24, 2.45) is 11.7 Å². The van der Waals surface area contributed by atoms with Gasteiger partial charge in [-0.2, -0.15) is 0 Å². The van der Waals surface area contributed by atoms with Gasteiger partial charge in [-0.25, -0.2) is 8.42 Å². The van der Waals surface area contributed by atoms with Gasteiger partial charge in [-0.3, -0.25) is 4.79 Å². The molecule has 2 atom stereocenters. The molecule has 5 nitrogen and oxygen atoms in total. The average Bonchev–Trinajstić information content (AvgIpc) is 3.12. The van der Waals surface area contributed by atoms with Crippen LogP contribution in [0.15, 0.2) is 51.6 Å². The van der Waals surface area contributed by atoms with Crippen molar-refractivity contribution in [3.63, 3.8) is 0 Å². The van der Waals surface area contributed by atoms with Crippen molar-refractivity contribution in [1.82, 2.24) is 4.90 Å². The maximum Gasteiger partial charge on any atom is 0.264 e. The molecule has 1 fully saturated rings. The molecule has 7 heteroatoms. The van der Waals surface area contributed by atoms with Gasteiger partial charge < -0.3 is 10.6 Å². The summed E-state index contributed by atoms with van der Waals surface area (Å²) < 4.78 is 25.5. The summed E-state index contributed by atoms with van der Waals surface area (Å²) in [5, 5.41) is 0. The van der Waals surface area contributed by atoms with Gasteiger partial charge in [0.05, 0.1) is 9.77 Å². The van der Waals surface area contributed by atoms with Crippen LogP contribution >= 0.6 is 11.3 Å². The lowest BCUT2D eigenvalue weighted by Gasteiger charge is -2.37. The summed E-state index contributed by atoms with van der Waals surface area (Å²) in [6.45, 7) is 3.26. The van der Waals surface area contributed by atoms with Crippen LogP contribution in [0.2, 0.25) is 0 Å². The predicted molar refractivity (Wildman–Crippen MR) is 98.5 cm³/mol. The van der Waals surface area contributed by atoms with Crippen LogP contribution < -0.4 is 5.73 Å². The van der Waals surface area contributed by atoms with Crippen LogP contribution in [-0.2, 0) is 9.84 Å². The Morgan fingerprint density at radius 3 is 2.64 bits per heavy atom. The number of nitrogens with two attached hydrogens (primary N) is 1. The minimum atomic E-state index is -3.59. The largest absolute Gasteiger partial charge is 0.334 e. The van der Waals surface area contributed by atoms with Gasteiger partial charge in [0.1, 0.15) is 4.21 Å². The molecule has 25 heavy (non-hydrogen) atoms. The van der Waals surface area contributed by atoms with E-state index in [2.05, 4.69) is 6.92 Å². The zero-order valence-corrected chi connectivity index (χ0v) is 15.7. The molecule has 0 spiro atoms. The summed E-state index contributed by atoms with van der Waals surface area (Å²) in [6.07, 6.45) is 1.84. The van der Waals surface area contributed by atoms with Crippen LogP contribution in [0.25, 0.3) is 0 Å². The second-order valence-electron chi connectivity index (χ2n) is 6.45. The van der Waals surface area contributed by atoms with E-state index in [9.17, 15) is 13.2 Å². The fraction of sp³-hybridized carbons (Fsp3) is 0.389. The van der Waals surface area contributed by atoms with E-state index in [1.807, 2.05) is 0 Å². The summed E-state index contributed by atoms with van der Waals surface area (Å²) in [7, 11) is -3.59. The van der Waals surface area contributed by atoms with E-state index in [1.165, 1.54) is 6.07 Å². The molecule has 1 aromatic heterocycles. The zero-order valence-electron chi connectivity index (χ0n) is 14.1. The molecule has 2 N–H and O–H groups in total. The lowest BCUT2D eigenvalue weighted by atomic mass is 9.92. The number of rotatable bonds is 4. The van der Waals surface area contributed by atoms with Crippen molar-refractivity contribution in [2.75, 3.05) is 13.1 Å². The maximum absolute atomic E-state index is 12.8. The van der Waals surface area contributed by atoms with E-state index in [-0.39, 0.29) is 21.1 Å². The Balaban J connectivity index is 1.85. The minimum Gasteiger partial charge on any atom is -0.334 e. The molecule has 2 heterocycles. The van der Waals surface area contributed by atoms with Gasteiger partial charge in [0.2, 0.25) is 9.84 Å². The first-order valence-electron chi connectivity index (χ1n) is 8.34. The van der Waals surface area contributed by atoms with Gasteiger partial charge in [-0.1, -0.05) is 25.1 Å². The highest BCUT2D eigenvalue weighted by atomic mass is 32.2. The van der Waals surface area contributed by atoms with E-state index in [0.717, 1.165) is 24.2 Å². The minimum absolute atomic E-state index is 0.0209. The molecule has 134 valence electrons. The molecule has 0 bridgehead atoms. The molecule has 0 radical (unpaired) electrons. The highest BCUT2D eigenvalue weighted by molar-refractivity contribution is 7.93. The second kappa shape index (κ2) is 7.27. The van der Waals surface area contributed by atoms with Crippen molar-refractivity contribution in [3.8, 4) is 0 Å². The van der Waals surface area contributed by atoms with Gasteiger partial charge in [0.25, 0.3) is 5.91 Å². The first-order valence-corrected chi connectivity index (χ1v) is 10.6. The third kappa shape index (κ3) is 3.63. The normalized spacial score (nSPS) is 21.3. The van der Waals surface area contributed by atoms with Crippen LogP contribution in [0.5, 0.6) is 0 Å². The van der Waals surface area contributed by atoms with Crippen LogP contribution in [0, 0.1) is 5.92 Å². The number of thiophene rings is 1. The standard InChI is InChI=1S/C18H22N2O3S2/c1-13-9-10-20(14(11-13)12-19)18(21)16-7-8-17(24-16)25(22,23)15-5-3-2-4-6-15/h2-8,13-14H,9-12,19H2,1H3. The van der Waals surface area contributed by atoms with E-state index in [1.54, 1.807) is 41.3 Å². The highest BCUT2D eigenvalue weighted by Crippen LogP contribution is 2.30. The molecule has 1 aliphatic heterocycles. The Kier molecular flexibility index (Phi) is 5.27. The number of likely N-dealkylation sites (tertiary alicyclic amines) is 1. The molecule has 3 rings (SSSR count). The smallest absolute Gasteiger partial charge is 0.264 e. The molecule has 2 unspecified atom stereocenters. The highest BCUT2D eigenvalue weighted by Gasteiger charge is 2.31. The number of hydrogen-bond donors (Lipinski definition) is 1. The first-order chi connectivity index (χ1) is 11.9. The maximum atomic E-state index is 12.8. The van der Waals surface area contributed by atoms with Gasteiger partial charge in [-0.05, 0) is 43.0 Å². The number of benzene rings is 1. The number of nitrogens with zero attached hydrogens (tertiary/aromatic N) is 1. The molecule has 1 aliphatic rings.